The summed E-state index contributed by atoms with van der Waals surface area (Å²) in [6, 6.07) is 0. The normalized spacial score (nSPS) is 31.3. The molecule has 0 aromatic heterocycles. The first-order chi connectivity index (χ1) is 8.45. The van der Waals surface area contributed by atoms with Crippen LogP contribution in [0.5, 0.6) is 0 Å². The fourth-order valence-electron chi connectivity index (χ4n) is 3.03. The number of fused-ring (bicyclic) bond motifs is 1. The highest BCUT2D eigenvalue weighted by Gasteiger charge is 2.52. The molecule has 4 nitrogen and oxygen atoms in total. The molecule has 0 radical (unpaired) electrons. The summed E-state index contributed by atoms with van der Waals surface area (Å²) >= 11 is 0. The van der Waals surface area contributed by atoms with Gasteiger partial charge in [-0.1, -0.05) is 27.2 Å². The molecule has 2 atom stereocenters. The molecule has 4 heteroatoms. The molecule has 0 spiro atoms. The van der Waals surface area contributed by atoms with E-state index in [1.54, 1.807) is 13.8 Å². The molecule has 100 valence electrons. The van der Waals surface area contributed by atoms with Gasteiger partial charge in [-0.2, -0.15) is 0 Å². The number of carbonyl (C=O) groups excluding carboxylic acids is 3. The maximum atomic E-state index is 12.2. The maximum Gasteiger partial charge on any atom is 0.233 e. The number of rotatable bonds is 4. The topological polar surface area (TPSA) is 54.5 Å². The Kier molecular flexibility index (Phi) is 3.55. The van der Waals surface area contributed by atoms with Crippen molar-refractivity contribution in [3.05, 3.63) is 0 Å². The first kappa shape index (κ1) is 13.2. The van der Waals surface area contributed by atoms with Crippen LogP contribution in [0.1, 0.15) is 40.0 Å². The molecule has 2 amide bonds. The van der Waals surface area contributed by atoms with E-state index in [1.807, 2.05) is 0 Å². The van der Waals surface area contributed by atoms with Gasteiger partial charge in [-0.05, 0) is 18.8 Å². The van der Waals surface area contributed by atoms with Crippen LogP contribution in [-0.2, 0) is 14.4 Å². The van der Waals surface area contributed by atoms with Crippen molar-refractivity contribution in [1.29, 1.82) is 0 Å². The molecule has 0 N–H and O–H groups in total. The van der Waals surface area contributed by atoms with E-state index in [-0.39, 0.29) is 41.9 Å². The van der Waals surface area contributed by atoms with Crippen LogP contribution in [0.15, 0.2) is 0 Å². The number of carbonyl (C=O) groups is 3. The molecule has 18 heavy (non-hydrogen) atoms. The number of amides is 2. The van der Waals surface area contributed by atoms with Gasteiger partial charge in [0, 0.05) is 5.92 Å². The van der Waals surface area contributed by atoms with Gasteiger partial charge in [0.15, 0.2) is 5.78 Å². The summed E-state index contributed by atoms with van der Waals surface area (Å²) in [4.78, 5) is 37.2. The lowest BCUT2D eigenvalue weighted by molar-refractivity contribution is -0.144. The molecular formula is C14H21NO3. The summed E-state index contributed by atoms with van der Waals surface area (Å²) < 4.78 is 0. The largest absolute Gasteiger partial charge is 0.297 e. The molecule has 0 aromatic rings. The van der Waals surface area contributed by atoms with Gasteiger partial charge in [0.05, 0.1) is 18.4 Å². The molecule has 0 aromatic carbocycles. The Labute approximate surface area is 108 Å². The zero-order valence-corrected chi connectivity index (χ0v) is 11.3. The van der Waals surface area contributed by atoms with Crippen molar-refractivity contribution in [2.45, 2.75) is 40.0 Å². The highest BCUT2D eigenvalue weighted by Crippen LogP contribution is 2.44. The van der Waals surface area contributed by atoms with Crippen LogP contribution in [-0.4, -0.2) is 29.0 Å². The van der Waals surface area contributed by atoms with Crippen molar-refractivity contribution in [2.24, 2.45) is 23.7 Å². The van der Waals surface area contributed by atoms with Gasteiger partial charge in [-0.3, -0.25) is 19.3 Å². The zero-order valence-electron chi connectivity index (χ0n) is 11.3. The summed E-state index contributed by atoms with van der Waals surface area (Å²) in [5.74, 6) is -0.205. The minimum atomic E-state index is -0.151. The molecule has 1 aliphatic heterocycles. The summed E-state index contributed by atoms with van der Waals surface area (Å²) in [6.45, 7) is 5.66. The van der Waals surface area contributed by atoms with E-state index in [0.717, 1.165) is 19.3 Å². The van der Waals surface area contributed by atoms with Crippen LogP contribution in [0.4, 0.5) is 0 Å². The number of imide groups is 1. The molecule has 2 aliphatic rings. The third-order valence-corrected chi connectivity index (χ3v) is 4.36. The molecule has 2 rings (SSSR count). The Morgan fingerprint density at radius 2 is 1.72 bits per heavy atom. The van der Waals surface area contributed by atoms with E-state index >= 15 is 0 Å². The minimum absolute atomic E-state index is 0.0286. The van der Waals surface area contributed by atoms with E-state index in [4.69, 9.17) is 0 Å². The maximum absolute atomic E-state index is 12.2. The van der Waals surface area contributed by atoms with E-state index in [2.05, 4.69) is 6.92 Å². The third-order valence-electron chi connectivity index (χ3n) is 4.36. The average molecular weight is 251 g/mol. The van der Waals surface area contributed by atoms with Crippen molar-refractivity contribution in [3.63, 3.8) is 0 Å². The fourth-order valence-corrected chi connectivity index (χ4v) is 3.03. The van der Waals surface area contributed by atoms with Gasteiger partial charge in [0.1, 0.15) is 0 Å². The quantitative estimate of drug-likeness (QED) is 0.714. The van der Waals surface area contributed by atoms with E-state index in [1.165, 1.54) is 4.90 Å². The molecule has 2 fully saturated rings. The molecule has 1 saturated carbocycles. The molecule has 1 aliphatic carbocycles. The van der Waals surface area contributed by atoms with Crippen molar-refractivity contribution in [3.8, 4) is 0 Å². The van der Waals surface area contributed by atoms with Crippen molar-refractivity contribution in [1.82, 2.24) is 4.90 Å². The zero-order chi connectivity index (χ0) is 13.4. The van der Waals surface area contributed by atoms with E-state index < -0.39 is 0 Å². The number of ketones is 1. The summed E-state index contributed by atoms with van der Waals surface area (Å²) in [6.07, 6.45) is 2.66. The second kappa shape index (κ2) is 4.82. The Morgan fingerprint density at radius 3 is 2.11 bits per heavy atom. The number of hydrogen-bond donors (Lipinski definition) is 0. The molecule has 1 heterocycles. The second-order valence-electron chi connectivity index (χ2n) is 5.84. The predicted octanol–water partition coefficient (Wildman–Crippen LogP) is 1.63. The van der Waals surface area contributed by atoms with Crippen LogP contribution in [0, 0.1) is 23.7 Å². The van der Waals surface area contributed by atoms with Crippen LogP contribution < -0.4 is 0 Å². The smallest absolute Gasteiger partial charge is 0.233 e. The average Bonchev–Trinajstić information content (AvgIpc) is 2.84. The van der Waals surface area contributed by atoms with E-state index in [9.17, 15) is 14.4 Å². The minimum Gasteiger partial charge on any atom is -0.297 e. The predicted molar refractivity (Wildman–Crippen MR) is 66.6 cm³/mol. The Morgan fingerprint density at radius 1 is 1.22 bits per heavy atom. The summed E-state index contributed by atoms with van der Waals surface area (Å²) in [5.41, 5.74) is 0. The Hall–Kier alpha value is -1.19. The van der Waals surface area contributed by atoms with Crippen molar-refractivity contribution >= 4 is 17.6 Å². The monoisotopic (exact) mass is 251 g/mol. The van der Waals surface area contributed by atoms with Gasteiger partial charge in [-0.15, -0.1) is 0 Å². The number of nitrogens with zero attached hydrogens (tertiary/aromatic N) is 1. The van der Waals surface area contributed by atoms with Gasteiger partial charge >= 0.3 is 0 Å². The van der Waals surface area contributed by atoms with Gasteiger partial charge in [-0.25, -0.2) is 0 Å². The third kappa shape index (κ3) is 2.08. The van der Waals surface area contributed by atoms with E-state index in [0.29, 0.717) is 5.92 Å². The first-order valence-corrected chi connectivity index (χ1v) is 6.83. The van der Waals surface area contributed by atoms with Crippen LogP contribution in [0.2, 0.25) is 0 Å². The lowest BCUT2D eigenvalue weighted by atomic mass is 10.00. The fraction of sp³-hybridized carbons (Fsp3) is 0.786. The van der Waals surface area contributed by atoms with Crippen molar-refractivity contribution < 1.29 is 14.4 Å². The molecular weight excluding hydrogens is 230 g/mol. The van der Waals surface area contributed by atoms with Gasteiger partial charge < -0.3 is 0 Å². The van der Waals surface area contributed by atoms with Crippen LogP contribution in [0.25, 0.3) is 0 Å². The number of Topliss-reactive ketones (excluding diaryl/α,β-unsaturated/α-hetero) is 1. The van der Waals surface area contributed by atoms with Gasteiger partial charge in [0.2, 0.25) is 11.8 Å². The first-order valence-electron chi connectivity index (χ1n) is 6.83. The highest BCUT2D eigenvalue weighted by atomic mass is 16.2. The standard InChI is InChI=1S/C14H21NO3/c1-4-9-5-10-11(6-9)14(18)15(13(10)17)7-12(16)8(2)3/h8-11H,4-7H2,1-3H3. The molecule has 1 saturated heterocycles. The van der Waals surface area contributed by atoms with Crippen LogP contribution >= 0.6 is 0 Å². The Bertz CT molecular complexity index is 365. The number of likely N-dealkylation sites (tertiary alicyclic amines) is 1. The number of hydrogen-bond acceptors (Lipinski definition) is 3. The molecule has 2 unspecified atom stereocenters. The lowest BCUT2D eigenvalue weighted by Gasteiger charge is -2.17. The highest BCUT2D eigenvalue weighted by molar-refractivity contribution is 6.07. The molecule has 0 bridgehead atoms. The van der Waals surface area contributed by atoms with Crippen LogP contribution in [0.3, 0.4) is 0 Å². The SMILES string of the molecule is CCC1CC2C(=O)N(CC(=O)C(C)C)C(=O)C2C1. The van der Waals surface area contributed by atoms with Gasteiger partial charge in [0.25, 0.3) is 0 Å². The van der Waals surface area contributed by atoms with Crippen molar-refractivity contribution in [2.75, 3.05) is 6.54 Å². The summed E-state index contributed by atoms with van der Waals surface area (Å²) in [7, 11) is 0. The second-order valence-corrected chi connectivity index (χ2v) is 5.84. The lowest BCUT2D eigenvalue weighted by Crippen LogP contribution is -2.38. The Balaban J connectivity index is 2.07. The summed E-state index contributed by atoms with van der Waals surface area (Å²) in [5, 5.41) is 0.